The van der Waals surface area contributed by atoms with E-state index in [0.29, 0.717) is 5.56 Å². The van der Waals surface area contributed by atoms with Gasteiger partial charge in [0.05, 0.1) is 18.3 Å². The van der Waals surface area contributed by atoms with Gasteiger partial charge in [-0.3, -0.25) is 9.48 Å². The minimum Gasteiger partial charge on any atom is -0.310 e. The highest BCUT2D eigenvalue weighted by Crippen LogP contribution is 2.28. The molecule has 0 saturated heterocycles. The monoisotopic (exact) mass is 257 g/mol. The first-order chi connectivity index (χ1) is 8.36. The van der Waals surface area contributed by atoms with Crippen LogP contribution in [0, 0.1) is 0 Å². The maximum absolute atomic E-state index is 12.5. The van der Waals surface area contributed by atoms with E-state index in [0.717, 1.165) is 22.9 Å². The van der Waals surface area contributed by atoms with Crippen LogP contribution in [0.3, 0.4) is 0 Å². The molecule has 0 spiro atoms. The van der Waals surface area contributed by atoms with Crippen LogP contribution in [0.25, 0.3) is 0 Å². The zero-order valence-corrected chi connectivity index (χ0v) is 9.48. The molecule has 0 aliphatic rings. The van der Waals surface area contributed by atoms with Crippen LogP contribution < -0.4 is 5.56 Å². The van der Waals surface area contributed by atoms with E-state index in [1.54, 1.807) is 13.2 Å². The van der Waals surface area contributed by atoms with Crippen LogP contribution in [0.5, 0.6) is 0 Å². The predicted octanol–water partition coefficient (Wildman–Crippen LogP) is 1.65. The lowest BCUT2D eigenvalue weighted by Gasteiger charge is -2.09. The second-order valence-corrected chi connectivity index (χ2v) is 3.90. The number of aromatic nitrogens is 3. The molecular formula is C11H10F3N3O. The summed E-state index contributed by atoms with van der Waals surface area (Å²) >= 11 is 0. The van der Waals surface area contributed by atoms with E-state index < -0.39 is 17.3 Å². The van der Waals surface area contributed by atoms with Crippen LogP contribution in [0.1, 0.15) is 11.1 Å². The largest absolute Gasteiger partial charge is 0.417 e. The third kappa shape index (κ3) is 2.61. The average Bonchev–Trinajstić information content (AvgIpc) is 2.66. The number of rotatable bonds is 2. The summed E-state index contributed by atoms with van der Waals surface area (Å²) in [5.41, 5.74) is -0.656. The zero-order valence-electron chi connectivity index (χ0n) is 9.48. The molecule has 0 aliphatic carbocycles. The minimum absolute atomic E-state index is 0.0661. The Morgan fingerprint density at radius 1 is 1.28 bits per heavy atom. The molecule has 0 atom stereocenters. The van der Waals surface area contributed by atoms with Crippen molar-refractivity contribution in [3.63, 3.8) is 0 Å². The molecule has 2 aromatic rings. The standard InChI is InChI=1S/C11H10F3N3O/c1-16-5-8(4-15-16)6-17-7-9(11(12,13)14)2-3-10(17)18/h2-5,7H,6H2,1H3. The summed E-state index contributed by atoms with van der Waals surface area (Å²) in [6.07, 6.45) is -0.487. The number of pyridine rings is 1. The number of aryl methyl sites for hydroxylation is 1. The molecule has 0 bridgehead atoms. The van der Waals surface area contributed by atoms with E-state index in [9.17, 15) is 18.0 Å². The first kappa shape index (κ1) is 12.4. The molecule has 0 fully saturated rings. The Morgan fingerprint density at radius 2 is 2.00 bits per heavy atom. The average molecular weight is 257 g/mol. The highest BCUT2D eigenvalue weighted by atomic mass is 19.4. The molecule has 0 amide bonds. The number of hydrogen-bond acceptors (Lipinski definition) is 2. The fourth-order valence-corrected chi connectivity index (χ4v) is 1.57. The van der Waals surface area contributed by atoms with Gasteiger partial charge < -0.3 is 4.57 Å². The summed E-state index contributed by atoms with van der Waals surface area (Å²) < 4.78 is 40.1. The summed E-state index contributed by atoms with van der Waals surface area (Å²) in [6, 6.07) is 1.70. The van der Waals surface area contributed by atoms with Gasteiger partial charge in [-0.15, -0.1) is 0 Å². The zero-order chi connectivity index (χ0) is 13.3. The van der Waals surface area contributed by atoms with Crippen molar-refractivity contribution < 1.29 is 13.2 Å². The molecule has 0 radical (unpaired) electrons. The Balaban J connectivity index is 2.35. The van der Waals surface area contributed by atoms with E-state index in [-0.39, 0.29) is 6.54 Å². The van der Waals surface area contributed by atoms with E-state index in [4.69, 9.17) is 0 Å². The van der Waals surface area contributed by atoms with Crippen LogP contribution in [0.2, 0.25) is 0 Å². The smallest absolute Gasteiger partial charge is 0.310 e. The van der Waals surface area contributed by atoms with E-state index in [2.05, 4.69) is 5.10 Å². The quantitative estimate of drug-likeness (QED) is 0.820. The first-order valence-corrected chi connectivity index (χ1v) is 5.11. The van der Waals surface area contributed by atoms with Gasteiger partial charge in [-0.05, 0) is 6.07 Å². The van der Waals surface area contributed by atoms with Crippen molar-refractivity contribution in [3.8, 4) is 0 Å². The molecule has 0 unspecified atom stereocenters. The Morgan fingerprint density at radius 3 is 2.56 bits per heavy atom. The normalized spacial score (nSPS) is 11.8. The molecule has 0 aromatic carbocycles. The minimum atomic E-state index is -4.45. The van der Waals surface area contributed by atoms with Gasteiger partial charge in [0.25, 0.3) is 5.56 Å². The van der Waals surface area contributed by atoms with Gasteiger partial charge in [-0.1, -0.05) is 0 Å². The van der Waals surface area contributed by atoms with Gasteiger partial charge in [-0.25, -0.2) is 0 Å². The van der Waals surface area contributed by atoms with E-state index >= 15 is 0 Å². The second kappa shape index (κ2) is 4.32. The molecule has 18 heavy (non-hydrogen) atoms. The molecular weight excluding hydrogens is 247 g/mol. The predicted molar refractivity (Wildman–Crippen MR) is 58.0 cm³/mol. The molecule has 0 saturated carbocycles. The Hall–Kier alpha value is -2.05. The molecule has 0 N–H and O–H groups in total. The highest BCUT2D eigenvalue weighted by molar-refractivity contribution is 5.15. The third-order valence-corrected chi connectivity index (χ3v) is 2.42. The Bertz CT molecular complexity index is 612. The molecule has 2 heterocycles. The van der Waals surface area contributed by atoms with E-state index in [1.165, 1.54) is 10.9 Å². The lowest BCUT2D eigenvalue weighted by Crippen LogP contribution is -2.21. The first-order valence-electron chi connectivity index (χ1n) is 5.11. The number of alkyl halides is 3. The molecule has 7 heteroatoms. The molecule has 2 rings (SSSR count). The highest BCUT2D eigenvalue weighted by Gasteiger charge is 2.31. The second-order valence-electron chi connectivity index (χ2n) is 3.90. The number of nitrogens with zero attached hydrogens (tertiary/aromatic N) is 3. The SMILES string of the molecule is Cn1cc(Cn2cc(C(F)(F)F)ccc2=O)cn1. The maximum Gasteiger partial charge on any atom is 0.417 e. The van der Waals surface area contributed by atoms with Gasteiger partial charge >= 0.3 is 6.18 Å². The van der Waals surface area contributed by atoms with Gasteiger partial charge in [0.1, 0.15) is 0 Å². The number of hydrogen-bond donors (Lipinski definition) is 0. The van der Waals surface area contributed by atoms with Gasteiger partial charge in [0.2, 0.25) is 0 Å². The van der Waals surface area contributed by atoms with Gasteiger partial charge in [0, 0.05) is 31.1 Å². The fraction of sp³-hybridized carbons (Fsp3) is 0.273. The van der Waals surface area contributed by atoms with Crippen LogP contribution in [-0.2, 0) is 19.8 Å². The van der Waals surface area contributed by atoms with Crippen LogP contribution in [0.4, 0.5) is 13.2 Å². The van der Waals surface area contributed by atoms with Crippen molar-refractivity contribution in [1.82, 2.24) is 14.3 Å². The summed E-state index contributed by atoms with van der Waals surface area (Å²) in [7, 11) is 1.69. The van der Waals surface area contributed by atoms with Gasteiger partial charge in [0.15, 0.2) is 0 Å². The van der Waals surface area contributed by atoms with Crippen molar-refractivity contribution in [2.75, 3.05) is 0 Å². The topological polar surface area (TPSA) is 39.8 Å². The van der Waals surface area contributed by atoms with Crippen molar-refractivity contribution in [2.24, 2.45) is 7.05 Å². The lowest BCUT2D eigenvalue weighted by atomic mass is 10.2. The maximum atomic E-state index is 12.5. The van der Waals surface area contributed by atoms with Crippen LogP contribution >= 0.6 is 0 Å². The summed E-state index contributed by atoms with van der Waals surface area (Å²) in [5, 5.41) is 3.89. The summed E-state index contributed by atoms with van der Waals surface area (Å²) in [4.78, 5) is 11.5. The van der Waals surface area contributed by atoms with Crippen molar-refractivity contribution in [1.29, 1.82) is 0 Å². The molecule has 96 valence electrons. The Labute approximate surface area is 100 Å². The molecule has 2 aromatic heterocycles. The molecule has 4 nitrogen and oxygen atoms in total. The van der Waals surface area contributed by atoms with Crippen LogP contribution in [0.15, 0.2) is 35.5 Å². The lowest BCUT2D eigenvalue weighted by molar-refractivity contribution is -0.138. The van der Waals surface area contributed by atoms with Crippen LogP contribution in [-0.4, -0.2) is 14.3 Å². The van der Waals surface area contributed by atoms with Crippen molar-refractivity contribution in [2.45, 2.75) is 12.7 Å². The van der Waals surface area contributed by atoms with Crippen molar-refractivity contribution in [3.05, 3.63) is 52.2 Å². The third-order valence-electron chi connectivity index (χ3n) is 2.42. The van der Waals surface area contributed by atoms with Gasteiger partial charge in [-0.2, -0.15) is 18.3 Å². The summed E-state index contributed by atoms with van der Waals surface area (Å²) in [5.74, 6) is 0. The molecule has 0 aliphatic heterocycles. The Kier molecular flexibility index (Phi) is 2.98. The summed E-state index contributed by atoms with van der Waals surface area (Å²) in [6.45, 7) is 0.0661. The fourth-order valence-electron chi connectivity index (χ4n) is 1.57. The van der Waals surface area contributed by atoms with Crippen molar-refractivity contribution >= 4 is 0 Å². The number of halogens is 3. The van der Waals surface area contributed by atoms with E-state index in [1.807, 2.05) is 0 Å².